The van der Waals surface area contributed by atoms with Crippen molar-refractivity contribution in [2.45, 2.75) is 0 Å². The van der Waals surface area contributed by atoms with Crippen LogP contribution in [0.5, 0.6) is 0 Å². The van der Waals surface area contributed by atoms with Crippen LogP contribution in [0.15, 0.2) is 24.3 Å². The number of nitrogens with one attached hydrogen (secondary N) is 1. The van der Waals surface area contributed by atoms with E-state index in [1.54, 1.807) is 0 Å². The summed E-state index contributed by atoms with van der Waals surface area (Å²) in [6.45, 7) is 0.100. The van der Waals surface area contributed by atoms with E-state index in [-0.39, 0.29) is 24.9 Å². The molecule has 0 aromatic heterocycles. The van der Waals surface area contributed by atoms with Gasteiger partial charge in [0.15, 0.2) is 0 Å². The Morgan fingerprint density at radius 2 is 2.00 bits per heavy atom. The van der Waals surface area contributed by atoms with E-state index in [0.29, 0.717) is 5.56 Å². The number of aliphatic hydroxyl groups is 1. The van der Waals surface area contributed by atoms with Gasteiger partial charge in [0.05, 0.1) is 6.61 Å². The number of aliphatic hydroxyl groups excluding tert-OH is 1. The number of halogens is 1. The third-order valence-corrected chi connectivity index (χ3v) is 1.50. The van der Waals surface area contributed by atoms with Gasteiger partial charge in [0.25, 0.3) is 5.91 Å². The molecule has 1 amide bonds. The maximum Gasteiger partial charge on any atom is 0.251 e. The Labute approximate surface area is 75.2 Å². The molecule has 1 rings (SSSR count). The highest BCUT2D eigenvalue weighted by molar-refractivity contribution is 5.94. The summed E-state index contributed by atoms with van der Waals surface area (Å²) >= 11 is 0. The standard InChI is InChI=1S/C9H10FNO2/c10-8-3-1-7(2-4-8)9(13)11-5-6-12/h1-4,12H,5-6H2,(H,11,13). The van der Waals surface area contributed by atoms with Crippen molar-refractivity contribution in [2.75, 3.05) is 13.2 Å². The van der Waals surface area contributed by atoms with Crippen molar-refractivity contribution < 1.29 is 14.3 Å². The lowest BCUT2D eigenvalue weighted by atomic mass is 10.2. The van der Waals surface area contributed by atoms with Crippen molar-refractivity contribution in [3.63, 3.8) is 0 Å². The van der Waals surface area contributed by atoms with Gasteiger partial charge < -0.3 is 10.4 Å². The summed E-state index contributed by atoms with van der Waals surface area (Å²) in [6.07, 6.45) is 0. The van der Waals surface area contributed by atoms with Gasteiger partial charge in [-0.1, -0.05) is 0 Å². The fraction of sp³-hybridized carbons (Fsp3) is 0.222. The zero-order chi connectivity index (χ0) is 9.68. The third-order valence-electron chi connectivity index (χ3n) is 1.50. The normalized spacial score (nSPS) is 9.69. The summed E-state index contributed by atoms with van der Waals surface area (Å²) in [5.74, 6) is -0.687. The summed E-state index contributed by atoms with van der Waals surface area (Å²) in [7, 11) is 0. The maximum absolute atomic E-state index is 12.4. The molecule has 1 aromatic rings. The summed E-state index contributed by atoms with van der Waals surface area (Å²) < 4.78 is 12.4. The molecule has 1 aromatic carbocycles. The SMILES string of the molecule is O=C(NCCO)c1ccc(F)cc1. The number of hydrogen-bond acceptors (Lipinski definition) is 2. The largest absolute Gasteiger partial charge is 0.395 e. The minimum atomic E-state index is -0.376. The number of hydrogen-bond donors (Lipinski definition) is 2. The first-order valence-electron chi connectivity index (χ1n) is 3.88. The number of carbonyl (C=O) groups excluding carboxylic acids is 1. The Morgan fingerprint density at radius 3 is 2.54 bits per heavy atom. The lowest BCUT2D eigenvalue weighted by Crippen LogP contribution is -2.26. The van der Waals surface area contributed by atoms with Crippen LogP contribution >= 0.6 is 0 Å². The van der Waals surface area contributed by atoms with Crippen molar-refractivity contribution in [3.05, 3.63) is 35.6 Å². The molecule has 70 valence electrons. The van der Waals surface area contributed by atoms with Gasteiger partial charge in [-0.05, 0) is 24.3 Å². The second kappa shape index (κ2) is 4.57. The van der Waals surface area contributed by atoms with E-state index >= 15 is 0 Å². The summed E-state index contributed by atoms with van der Waals surface area (Å²) in [5, 5.41) is 10.9. The van der Waals surface area contributed by atoms with Crippen LogP contribution in [0.1, 0.15) is 10.4 Å². The molecule has 0 saturated carbocycles. The van der Waals surface area contributed by atoms with E-state index in [4.69, 9.17) is 5.11 Å². The third kappa shape index (κ3) is 2.83. The predicted molar refractivity (Wildman–Crippen MR) is 45.8 cm³/mol. The first-order chi connectivity index (χ1) is 6.24. The van der Waals surface area contributed by atoms with Crippen molar-refractivity contribution in [2.24, 2.45) is 0 Å². The molecule has 0 fully saturated rings. The molecule has 2 N–H and O–H groups in total. The molecule has 0 heterocycles. The molecule has 4 heteroatoms. The average molecular weight is 183 g/mol. The van der Waals surface area contributed by atoms with Crippen LogP contribution in [-0.2, 0) is 0 Å². The zero-order valence-electron chi connectivity index (χ0n) is 6.96. The number of carbonyl (C=O) groups is 1. The Kier molecular flexibility index (Phi) is 3.40. The average Bonchev–Trinajstić information content (AvgIpc) is 2.15. The first kappa shape index (κ1) is 9.67. The highest BCUT2D eigenvalue weighted by Gasteiger charge is 2.03. The smallest absolute Gasteiger partial charge is 0.251 e. The molecule has 0 unspecified atom stereocenters. The number of benzene rings is 1. The molecular formula is C9H10FNO2. The lowest BCUT2D eigenvalue weighted by molar-refractivity contribution is 0.0944. The quantitative estimate of drug-likeness (QED) is 0.718. The fourth-order valence-electron chi connectivity index (χ4n) is 0.873. The van der Waals surface area contributed by atoms with Crippen molar-refractivity contribution in [1.29, 1.82) is 0 Å². The van der Waals surface area contributed by atoms with E-state index in [2.05, 4.69) is 5.32 Å². The van der Waals surface area contributed by atoms with Gasteiger partial charge in [-0.15, -0.1) is 0 Å². The monoisotopic (exact) mass is 183 g/mol. The molecule has 0 bridgehead atoms. The van der Waals surface area contributed by atoms with Gasteiger partial charge in [0.2, 0.25) is 0 Å². The second-order valence-corrected chi connectivity index (χ2v) is 2.49. The first-order valence-corrected chi connectivity index (χ1v) is 3.88. The van der Waals surface area contributed by atoms with Crippen LogP contribution in [0.4, 0.5) is 4.39 Å². The van der Waals surface area contributed by atoms with Gasteiger partial charge in [0.1, 0.15) is 5.82 Å². The van der Waals surface area contributed by atoms with Crippen LogP contribution in [0.3, 0.4) is 0 Å². The van der Waals surface area contributed by atoms with Crippen LogP contribution in [0.25, 0.3) is 0 Å². The molecule has 0 spiro atoms. The van der Waals surface area contributed by atoms with Gasteiger partial charge in [-0.2, -0.15) is 0 Å². The minimum Gasteiger partial charge on any atom is -0.395 e. The Balaban J connectivity index is 2.61. The van der Waals surface area contributed by atoms with Crippen molar-refractivity contribution >= 4 is 5.91 Å². The molecule has 0 aliphatic carbocycles. The highest BCUT2D eigenvalue weighted by Crippen LogP contribution is 2.01. The molecular weight excluding hydrogens is 173 g/mol. The second-order valence-electron chi connectivity index (χ2n) is 2.49. The molecule has 13 heavy (non-hydrogen) atoms. The van der Waals surface area contributed by atoms with Gasteiger partial charge in [0, 0.05) is 12.1 Å². The Bertz CT molecular complexity index is 284. The summed E-state index contributed by atoms with van der Waals surface area (Å²) in [4.78, 5) is 11.2. The summed E-state index contributed by atoms with van der Waals surface area (Å²) in [5.41, 5.74) is 0.384. The maximum atomic E-state index is 12.4. The van der Waals surface area contributed by atoms with E-state index in [1.165, 1.54) is 24.3 Å². The van der Waals surface area contributed by atoms with Crippen molar-refractivity contribution in [3.8, 4) is 0 Å². The molecule has 0 saturated heterocycles. The highest BCUT2D eigenvalue weighted by atomic mass is 19.1. The van der Waals surface area contributed by atoms with Gasteiger partial charge in [-0.3, -0.25) is 4.79 Å². The number of amides is 1. The van der Waals surface area contributed by atoms with Gasteiger partial charge in [-0.25, -0.2) is 4.39 Å². The van der Waals surface area contributed by atoms with Crippen LogP contribution in [0, 0.1) is 5.82 Å². The zero-order valence-corrected chi connectivity index (χ0v) is 6.96. The van der Waals surface area contributed by atoms with Crippen molar-refractivity contribution in [1.82, 2.24) is 5.32 Å². The van der Waals surface area contributed by atoms with Gasteiger partial charge >= 0.3 is 0 Å². The molecule has 0 radical (unpaired) electrons. The van der Waals surface area contributed by atoms with E-state index in [9.17, 15) is 9.18 Å². The molecule has 0 aliphatic heterocycles. The minimum absolute atomic E-state index is 0.104. The molecule has 0 aliphatic rings. The Hall–Kier alpha value is -1.42. The van der Waals surface area contributed by atoms with Crippen LogP contribution < -0.4 is 5.32 Å². The molecule has 3 nitrogen and oxygen atoms in total. The lowest BCUT2D eigenvalue weighted by Gasteiger charge is -2.01. The number of rotatable bonds is 3. The topological polar surface area (TPSA) is 49.3 Å². The fourth-order valence-corrected chi connectivity index (χ4v) is 0.873. The van der Waals surface area contributed by atoms with Crippen LogP contribution in [-0.4, -0.2) is 24.2 Å². The summed E-state index contributed by atoms with van der Waals surface area (Å²) in [6, 6.07) is 5.21. The predicted octanol–water partition coefficient (Wildman–Crippen LogP) is 0.548. The molecule has 0 atom stereocenters. The Morgan fingerprint density at radius 1 is 1.38 bits per heavy atom. The van der Waals surface area contributed by atoms with Crippen LogP contribution in [0.2, 0.25) is 0 Å². The van der Waals surface area contributed by atoms with E-state index < -0.39 is 0 Å². The van der Waals surface area contributed by atoms with E-state index in [0.717, 1.165) is 0 Å². The van der Waals surface area contributed by atoms with E-state index in [1.807, 2.05) is 0 Å².